The molecule has 265 valence electrons. The molecule has 0 spiro atoms. The summed E-state index contributed by atoms with van der Waals surface area (Å²) in [5, 5.41) is 2.01. The summed E-state index contributed by atoms with van der Waals surface area (Å²) in [6, 6.07) is 33.5. The van der Waals surface area contributed by atoms with Gasteiger partial charge >= 0.3 is 131 Å². The van der Waals surface area contributed by atoms with E-state index in [2.05, 4.69) is 73.2 Å². The van der Waals surface area contributed by atoms with Crippen LogP contribution in [0, 0.1) is 39.8 Å². The van der Waals surface area contributed by atoms with Crippen molar-refractivity contribution in [3.63, 3.8) is 0 Å². The molecule has 1 radical (unpaired) electrons. The Bertz CT molecular complexity index is 2690. The number of para-hydroxylation sites is 2. The summed E-state index contributed by atoms with van der Waals surface area (Å²) < 4.78 is 40.4. The van der Waals surface area contributed by atoms with E-state index in [1.807, 2.05) is 83.3 Å². The van der Waals surface area contributed by atoms with Gasteiger partial charge in [-0.3, -0.25) is 9.97 Å². The Balaban J connectivity index is 0.000000194. The molecule has 0 unspecified atom stereocenters. The number of aryl methyl sites for hydroxylation is 4. The van der Waals surface area contributed by atoms with E-state index in [1.165, 1.54) is 10.5 Å². The molecule has 0 aliphatic carbocycles. The third kappa shape index (κ3) is 7.41. The third-order valence-corrected chi connectivity index (χ3v) is 13.1. The minimum absolute atomic E-state index is 0. The number of hydrogen-bond donors (Lipinski definition) is 0. The maximum absolute atomic E-state index is 8.49. The SMILES string of the molecule is Cc1cc(-n2c(-c3[c-]ccc4c3oc3nc(C)ccc34)nc3ccccc32)cc(C)n1.[2H]C([2H])([2H])c1c[c-]c(-c2cc(C([2H])(C)C)[c]([Ge]([CH3])([CH3])[CH3])cn2)cc1.[Ir]. The van der Waals surface area contributed by atoms with Gasteiger partial charge in [0.25, 0.3) is 0 Å². The monoisotopic (exact) mass is 928 g/mol. The maximum Gasteiger partial charge on any atom is 0 e. The molecule has 8 rings (SSSR count). The van der Waals surface area contributed by atoms with Gasteiger partial charge < -0.3 is 8.98 Å². The predicted octanol–water partition coefficient (Wildman–Crippen LogP) is 10.6. The van der Waals surface area contributed by atoms with Gasteiger partial charge in [0.2, 0.25) is 5.71 Å². The van der Waals surface area contributed by atoms with E-state index in [0.717, 1.165) is 78.4 Å². The fourth-order valence-electron chi connectivity index (χ4n) is 6.48. The molecular formula is C44H43GeIrN5O-2. The average Bonchev–Trinajstić information content (AvgIpc) is 3.68. The molecule has 0 saturated carbocycles. The summed E-state index contributed by atoms with van der Waals surface area (Å²) >= 11 is -2.14. The van der Waals surface area contributed by atoms with Crippen LogP contribution >= 0.6 is 0 Å². The van der Waals surface area contributed by atoms with Crippen LogP contribution in [0.3, 0.4) is 0 Å². The number of nitrogens with zero attached hydrogens (tertiary/aromatic N) is 5. The van der Waals surface area contributed by atoms with Gasteiger partial charge in [0.05, 0.1) is 22.4 Å². The Morgan fingerprint density at radius 2 is 1.62 bits per heavy atom. The Morgan fingerprint density at radius 1 is 0.846 bits per heavy atom. The van der Waals surface area contributed by atoms with E-state index in [1.54, 1.807) is 12.1 Å². The van der Waals surface area contributed by atoms with Crippen LogP contribution in [-0.2, 0) is 20.1 Å². The van der Waals surface area contributed by atoms with E-state index in [-0.39, 0.29) is 25.7 Å². The number of benzene rings is 3. The largest absolute Gasteiger partial charge is 0 e. The zero-order valence-corrected chi connectivity index (χ0v) is 35.1. The summed E-state index contributed by atoms with van der Waals surface area (Å²) in [7, 11) is 0. The number of hydrogen-bond acceptors (Lipinski definition) is 5. The molecule has 6 nitrogen and oxygen atoms in total. The summed E-state index contributed by atoms with van der Waals surface area (Å²) in [4.78, 5) is 18.7. The molecule has 0 fully saturated rings. The molecule has 5 aromatic heterocycles. The minimum atomic E-state index is -2.14. The van der Waals surface area contributed by atoms with Gasteiger partial charge in [-0.25, -0.2) is 4.98 Å². The Hall–Kier alpha value is -4.43. The summed E-state index contributed by atoms with van der Waals surface area (Å²) in [6.07, 6.45) is 1.91. The topological polar surface area (TPSA) is 69.6 Å². The number of rotatable bonds is 5. The van der Waals surface area contributed by atoms with Crippen molar-refractivity contribution >= 4 is 50.8 Å². The van der Waals surface area contributed by atoms with Gasteiger partial charge in [-0.2, -0.15) is 0 Å². The second-order valence-electron chi connectivity index (χ2n) is 14.2. The molecule has 0 saturated heterocycles. The van der Waals surface area contributed by atoms with E-state index in [0.29, 0.717) is 5.71 Å². The molecule has 0 atom stereocenters. The van der Waals surface area contributed by atoms with E-state index in [9.17, 15) is 0 Å². The van der Waals surface area contributed by atoms with Gasteiger partial charge in [0.1, 0.15) is 0 Å². The second-order valence-corrected chi connectivity index (χ2v) is 24.8. The van der Waals surface area contributed by atoms with Crippen molar-refractivity contribution in [1.29, 1.82) is 0 Å². The Morgan fingerprint density at radius 3 is 2.31 bits per heavy atom. The van der Waals surface area contributed by atoms with Crippen molar-refractivity contribution in [3.8, 4) is 28.3 Å². The quantitative estimate of drug-likeness (QED) is 0.127. The number of pyridine rings is 3. The van der Waals surface area contributed by atoms with E-state index in [4.69, 9.17) is 14.9 Å². The fourth-order valence-corrected chi connectivity index (χ4v) is 9.79. The number of fused-ring (bicyclic) bond motifs is 4. The van der Waals surface area contributed by atoms with Gasteiger partial charge in [-0.15, -0.1) is 18.2 Å². The molecule has 8 aromatic rings. The molecule has 0 amide bonds. The van der Waals surface area contributed by atoms with Gasteiger partial charge in [-0.1, -0.05) is 23.1 Å². The number of furan rings is 1. The first-order chi connectivity index (χ1) is 25.9. The number of aromatic nitrogens is 5. The molecule has 0 aliphatic rings. The number of imidazole rings is 1. The Labute approximate surface area is 328 Å². The smallest absolute Gasteiger partial charge is 0 e. The van der Waals surface area contributed by atoms with E-state index < -0.39 is 26.0 Å². The zero-order valence-electron chi connectivity index (χ0n) is 34.6. The van der Waals surface area contributed by atoms with Gasteiger partial charge in [0, 0.05) is 48.3 Å². The van der Waals surface area contributed by atoms with Crippen LogP contribution in [0.1, 0.15) is 53.4 Å². The van der Waals surface area contributed by atoms with Crippen LogP contribution in [0.4, 0.5) is 0 Å². The molecule has 0 N–H and O–H groups in total. The normalized spacial score (nSPS) is 13.2. The van der Waals surface area contributed by atoms with Crippen LogP contribution in [0.25, 0.3) is 61.4 Å². The van der Waals surface area contributed by atoms with Crippen molar-refractivity contribution in [2.24, 2.45) is 0 Å². The molecule has 8 heteroatoms. The molecular weight excluding hydrogens is 879 g/mol. The summed E-state index contributed by atoms with van der Waals surface area (Å²) in [5.74, 6) is 6.97. The molecule has 0 aliphatic heterocycles. The van der Waals surface area contributed by atoms with Crippen LogP contribution < -0.4 is 4.40 Å². The van der Waals surface area contributed by atoms with Gasteiger partial charge in [-0.05, 0) is 57.2 Å². The van der Waals surface area contributed by atoms with Crippen LogP contribution in [0.5, 0.6) is 0 Å². The van der Waals surface area contributed by atoms with Crippen molar-refractivity contribution in [2.75, 3.05) is 0 Å². The molecule has 3 aromatic carbocycles. The molecule has 0 bridgehead atoms. The average molecular weight is 927 g/mol. The third-order valence-electron chi connectivity index (χ3n) is 8.89. The van der Waals surface area contributed by atoms with Crippen molar-refractivity contribution < 1.29 is 30.0 Å². The fraction of sp³-hybridized carbons (Fsp3) is 0.227. The summed E-state index contributed by atoms with van der Waals surface area (Å²) in [5.41, 5.74) is 10.8. The Kier molecular flexibility index (Phi) is 9.24. The van der Waals surface area contributed by atoms with Crippen LogP contribution in [0.2, 0.25) is 17.3 Å². The molecule has 52 heavy (non-hydrogen) atoms. The van der Waals surface area contributed by atoms with Crippen molar-refractivity contribution in [2.45, 2.75) is 64.6 Å². The van der Waals surface area contributed by atoms with Crippen molar-refractivity contribution in [3.05, 3.63) is 131 Å². The minimum Gasteiger partial charge on any atom is 0 e. The molecule has 5 heterocycles. The van der Waals surface area contributed by atoms with Gasteiger partial charge in [0.15, 0.2) is 0 Å². The van der Waals surface area contributed by atoms with E-state index >= 15 is 0 Å². The van der Waals surface area contributed by atoms with Crippen molar-refractivity contribution in [1.82, 2.24) is 24.5 Å². The van der Waals surface area contributed by atoms with Crippen LogP contribution in [0.15, 0.2) is 95.5 Å². The van der Waals surface area contributed by atoms with Crippen LogP contribution in [-0.4, -0.2) is 37.8 Å². The second kappa shape index (κ2) is 14.9. The first-order valence-electron chi connectivity index (χ1n) is 19.1. The zero-order chi connectivity index (χ0) is 39.4. The predicted molar refractivity (Wildman–Crippen MR) is 213 cm³/mol. The first kappa shape index (κ1) is 32.2. The first-order valence-corrected chi connectivity index (χ1v) is 24.4. The maximum atomic E-state index is 8.49. The standard InChI is InChI=1S/C26H19N4O.C18H24GeN.Ir/c1-15-11-12-20-19-7-6-8-21(24(19)31-26(20)28-15)25-29-22-9-4-5-10-23(22)30(25)18-13-16(2)27-17(3)14-18;1-13(2)16-11-18(15-9-7-14(3)8-10-15)20-12-17(16)19(4,5)6;/h4-7,9-14H,1-3H3;7-9,11-13H,1-6H3;/q2*-1;/i;3D3,13D;. The summed E-state index contributed by atoms with van der Waals surface area (Å²) in [6.45, 7) is 7.65.